The maximum absolute atomic E-state index is 12.4. The van der Waals surface area contributed by atoms with Crippen LogP contribution in [0.4, 0.5) is 16.3 Å². The molecule has 0 aliphatic carbocycles. The van der Waals surface area contributed by atoms with E-state index in [0.29, 0.717) is 52.0 Å². The topological polar surface area (TPSA) is 119 Å². The molecule has 6 rings (SSSR count). The minimum atomic E-state index is -0.374. The Bertz CT molecular complexity index is 1600. The predicted molar refractivity (Wildman–Crippen MR) is 156 cm³/mol. The molecule has 3 amide bonds. The van der Waals surface area contributed by atoms with Gasteiger partial charge in [0.1, 0.15) is 17.0 Å². The van der Waals surface area contributed by atoms with Crippen LogP contribution in [0.3, 0.4) is 0 Å². The minimum absolute atomic E-state index is 0.0915. The van der Waals surface area contributed by atoms with Gasteiger partial charge in [-0.05, 0) is 37.5 Å². The Morgan fingerprint density at radius 1 is 1.05 bits per heavy atom. The van der Waals surface area contributed by atoms with Gasteiger partial charge in [0.05, 0.1) is 16.2 Å². The summed E-state index contributed by atoms with van der Waals surface area (Å²) in [6.45, 7) is 4.83. The van der Waals surface area contributed by atoms with E-state index in [1.54, 1.807) is 17.2 Å². The summed E-state index contributed by atoms with van der Waals surface area (Å²) in [6, 6.07) is 12.9. The molecule has 2 aromatic carbocycles. The number of imide groups is 1. The lowest BCUT2D eigenvalue weighted by molar-refractivity contribution is -0.120. The van der Waals surface area contributed by atoms with Crippen molar-refractivity contribution in [2.24, 2.45) is 0 Å². The van der Waals surface area contributed by atoms with Gasteiger partial charge in [-0.15, -0.1) is 0 Å². The number of urea groups is 1. The predicted octanol–water partition coefficient (Wildman–Crippen LogP) is 4.92. The Morgan fingerprint density at radius 2 is 1.85 bits per heavy atom. The fourth-order valence-electron chi connectivity index (χ4n) is 5.25. The molecule has 2 aromatic heterocycles. The molecule has 2 aliphatic heterocycles. The highest BCUT2D eigenvalue weighted by Gasteiger charge is 2.31. The highest BCUT2D eigenvalue weighted by Crippen LogP contribution is 2.35. The smallest absolute Gasteiger partial charge is 0.328 e. The van der Waals surface area contributed by atoms with Crippen LogP contribution in [0.1, 0.15) is 31.7 Å². The van der Waals surface area contributed by atoms with Crippen molar-refractivity contribution in [3.8, 4) is 11.3 Å². The molecule has 4 aromatic rings. The molecule has 0 unspecified atom stereocenters. The largest absolute Gasteiger partial charge is 0.355 e. The summed E-state index contributed by atoms with van der Waals surface area (Å²) in [4.78, 5) is 37.3. The number of para-hydroxylation sites is 1. The van der Waals surface area contributed by atoms with E-state index in [-0.39, 0.29) is 17.5 Å². The zero-order valence-electron chi connectivity index (χ0n) is 21.9. The van der Waals surface area contributed by atoms with Gasteiger partial charge in [0.25, 0.3) is 0 Å². The van der Waals surface area contributed by atoms with Gasteiger partial charge in [0.2, 0.25) is 5.91 Å². The van der Waals surface area contributed by atoms with Gasteiger partial charge in [0.15, 0.2) is 5.65 Å². The van der Waals surface area contributed by atoms with E-state index >= 15 is 0 Å². The Balaban J connectivity index is 1.12. The number of nitrogens with zero attached hydrogens (tertiary/aromatic N) is 5. The van der Waals surface area contributed by atoms with Crippen molar-refractivity contribution in [1.82, 2.24) is 30.8 Å². The van der Waals surface area contributed by atoms with Crippen molar-refractivity contribution >= 4 is 57.8 Å². The number of anilines is 2. The standard InChI is InChI=1S/C28H28Cl2N8O2/c1-28(32-15-17-5-2-3-8-20(17)38-12-9-22(39)34-27(38)40)10-13-37(14-11-28)21-16-31-25-24(35-36-26(25)33-21)18-6-4-7-19(29)23(18)30/h2-8,16,32H,9-15H2,1H3,(H,33,35,36)(H,34,39,40). The van der Waals surface area contributed by atoms with Crippen LogP contribution >= 0.6 is 23.2 Å². The molecule has 0 radical (unpaired) electrons. The first-order valence-electron chi connectivity index (χ1n) is 13.2. The number of rotatable bonds is 6. The molecule has 2 fully saturated rings. The van der Waals surface area contributed by atoms with Gasteiger partial charge in [-0.2, -0.15) is 5.10 Å². The second-order valence-corrected chi connectivity index (χ2v) is 11.2. The van der Waals surface area contributed by atoms with Crippen molar-refractivity contribution in [2.75, 3.05) is 29.4 Å². The molecule has 0 spiro atoms. The average Bonchev–Trinajstić information content (AvgIpc) is 3.37. The number of H-pyrrole nitrogens is 1. The quantitative estimate of drug-likeness (QED) is 0.297. The van der Waals surface area contributed by atoms with E-state index in [2.05, 4.69) is 37.6 Å². The lowest BCUT2D eigenvalue weighted by atomic mass is 9.89. The number of carbonyl (C=O) groups is 2. The maximum atomic E-state index is 12.4. The summed E-state index contributed by atoms with van der Waals surface area (Å²) in [6.07, 6.45) is 3.88. The van der Waals surface area contributed by atoms with E-state index in [0.717, 1.165) is 43.0 Å². The van der Waals surface area contributed by atoms with Gasteiger partial charge in [0, 0.05) is 49.4 Å². The lowest BCUT2D eigenvalue weighted by Crippen LogP contribution is -2.52. The van der Waals surface area contributed by atoms with Gasteiger partial charge in [-0.25, -0.2) is 14.8 Å². The minimum Gasteiger partial charge on any atom is -0.355 e. The number of carbonyl (C=O) groups excluding carboxylic acids is 2. The second kappa shape index (κ2) is 10.7. The van der Waals surface area contributed by atoms with E-state index in [1.807, 2.05) is 36.4 Å². The number of benzene rings is 2. The summed E-state index contributed by atoms with van der Waals surface area (Å²) in [5.41, 5.74) is 4.30. The Labute approximate surface area is 241 Å². The van der Waals surface area contributed by atoms with E-state index < -0.39 is 0 Å². The molecular weight excluding hydrogens is 551 g/mol. The molecule has 12 heteroatoms. The van der Waals surface area contributed by atoms with Crippen LogP contribution in [0.15, 0.2) is 48.7 Å². The SMILES string of the molecule is CC1(NCc2ccccc2N2CCC(=O)NC2=O)CCN(c2cnc3c(-c4cccc(Cl)c4Cl)n[nH]c3n2)CC1. The summed E-state index contributed by atoms with van der Waals surface area (Å²) in [5.74, 6) is 0.552. The summed E-state index contributed by atoms with van der Waals surface area (Å²) < 4.78 is 0. The third-order valence-corrected chi connectivity index (χ3v) is 8.52. The van der Waals surface area contributed by atoms with Crippen LogP contribution < -0.4 is 20.4 Å². The lowest BCUT2D eigenvalue weighted by Gasteiger charge is -2.41. The average molecular weight is 579 g/mol. The van der Waals surface area contributed by atoms with Crippen molar-refractivity contribution in [1.29, 1.82) is 0 Å². The molecular formula is C28H28Cl2N8O2. The molecule has 10 nitrogen and oxygen atoms in total. The normalized spacial score (nSPS) is 17.4. The van der Waals surface area contributed by atoms with Crippen molar-refractivity contribution < 1.29 is 9.59 Å². The molecule has 2 aliphatic rings. The highest BCUT2D eigenvalue weighted by molar-refractivity contribution is 6.43. The van der Waals surface area contributed by atoms with Crippen molar-refractivity contribution in [3.05, 3.63) is 64.3 Å². The molecule has 206 valence electrons. The zero-order valence-corrected chi connectivity index (χ0v) is 23.4. The second-order valence-electron chi connectivity index (χ2n) is 10.4. The molecule has 0 atom stereocenters. The first-order chi connectivity index (χ1) is 19.3. The number of amides is 3. The molecule has 2 saturated heterocycles. The summed E-state index contributed by atoms with van der Waals surface area (Å²) in [5, 5.41) is 14.4. The number of piperidine rings is 1. The maximum Gasteiger partial charge on any atom is 0.328 e. The van der Waals surface area contributed by atoms with E-state index in [4.69, 9.17) is 28.2 Å². The molecule has 0 saturated carbocycles. The first-order valence-corrected chi connectivity index (χ1v) is 13.9. The third kappa shape index (κ3) is 5.10. The van der Waals surface area contributed by atoms with Crippen LogP contribution in [-0.2, 0) is 11.3 Å². The third-order valence-electron chi connectivity index (χ3n) is 7.70. The van der Waals surface area contributed by atoms with Crippen molar-refractivity contribution in [2.45, 2.75) is 38.3 Å². The van der Waals surface area contributed by atoms with Crippen LogP contribution in [0.25, 0.3) is 22.4 Å². The fourth-order valence-corrected chi connectivity index (χ4v) is 5.64. The van der Waals surface area contributed by atoms with E-state index in [9.17, 15) is 9.59 Å². The number of fused-ring (bicyclic) bond motifs is 1. The number of aromatic nitrogens is 4. The van der Waals surface area contributed by atoms with Gasteiger partial charge in [-0.1, -0.05) is 53.5 Å². The van der Waals surface area contributed by atoms with Gasteiger partial charge in [-0.3, -0.25) is 20.1 Å². The van der Waals surface area contributed by atoms with Crippen molar-refractivity contribution in [3.63, 3.8) is 0 Å². The number of nitrogens with one attached hydrogen (secondary N) is 3. The Morgan fingerprint density at radius 3 is 2.65 bits per heavy atom. The number of hydrogen-bond acceptors (Lipinski definition) is 7. The Hall–Kier alpha value is -3.73. The number of halogens is 2. The Kier molecular flexibility index (Phi) is 7.07. The van der Waals surface area contributed by atoms with Crippen LogP contribution in [0, 0.1) is 0 Å². The summed E-state index contributed by atoms with van der Waals surface area (Å²) in [7, 11) is 0. The highest BCUT2D eigenvalue weighted by atomic mass is 35.5. The van der Waals surface area contributed by atoms with Crippen LogP contribution in [0.2, 0.25) is 10.0 Å². The summed E-state index contributed by atoms with van der Waals surface area (Å²) >= 11 is 12.6. The van der Waals surface area contributed by atoms with Gasteiger partial charge >= 0.3 is 6.03 Å². The molecule has 0 bridgehead atoms. The first kappa shape index (κ1) is 26.5. The number of hydrogen-bond donors (Lipinski definition) is 3. The van der Waals surface area contributed by atoms with Crippen LogP contribution in [0.5, 0.6) is 0 Å². The zero-order chi connectivity index (χ0) is 27.9. The van der Waals surface area contributed by atoms with Crippen LogP contribution in [-0.4, -0.2) is 57.3 Å². The molecule has 3 N–H and O–H groups in total. The van der Waals surface area contributed by atoms with Gasteiger partial charge < -0.3 is 10.2 Å². The van der Waals surface area contributed by atoms with E-state index in [1.165, 1.54) is 0 Å². The number of aromatic amines is 1. The molecule has 40 heavy (non-hydrogen) atoms. The monoisotopic (exact) mass is 578 g/mol. The fraction of sp³-hybridized carbons (Fsp3) is 0.321. The molecule has 4 heterocycles.